The van der Waals surface area contributed by atoms with Crippen molar-refractivity contribution in [1.29, 1.82) is 5.26 Å². The van der Waals surface area contributed by atoms with E-state index < -0.39 is 6.10 Å². The molecular weight excluding hydrogens is 304 g/mol. The quantitative estimate of drug-likeness (QED) is 0.816. The first kappa shape index (κ1) is 17.5. The van der Waals surface area contributed by atoms with Crippen molar-refractivity contribution in [2.75, 3.05) is 6.61 Å². The maximum absolute atomic E-state index is 12.2. The third-order valence-electron chi connectivity index (χ3n) is 3.54. The van der Waals surface area contributed by atoms with E-state index in [0.29, 0.717) is 17.7 Å². The molecule has 0 radical (unpaired) electrons. The summed E-state index contributed by atoms with van der Waals surface area (Å²) < 4.78 is 5.57. The highest BCUT2D eigenvalue weighted by Crippen LogP contribution is 2.14. The molecule has 5 heteroatoms. The average molecular weight is 324 g/mol. The van der Waals surface area contributed by atoms with E-state index in [9.17, 15) is 9.90 Å². The molecule has 0 saturated carbocycles. The molecule has 0 heterocycles. The Morgan fingerprint density at radius 1 is 1.25 bits per heavy atom. The monoisotopic (exact) mass is 324 g/mol. The van der Waals surface area contributed by atoms with Gasteiger partial charge in [0.1, 0.15) is 5.75 Å². The van der Waals surface area contributed by atoms with Gasteiger partial charge in [-0.05, 0) is 37.1 Å². The largest absolute Gasteiger partial charge is 0.481 e. The molecule has 2 unspecified atom stereocenters. The normalized spacial score (nSPS) is 12.7. The molecule has 124 valence electrons. The molecule has 0 saturated heterocycles. The van der Waals surface area contributed by atoms with E-state index in [4.69, 9.17) is 10.00 Å². The van der Waals surface area contributed by atoms with Crippen LogP contribution in [-0.2, 0) is 11.2 Å². The zero-order valence-electron chi connectivity index (χ0n) is 13.5. The Kier molecular flexibility index (Phi) is 6.35. The highest BCUT2D eigenvalue weighted by molar-refractivity contribution is 5.81. The molecule has 0 fully saturated rings. The van der Waals surface area contributed by atoms with E-state index >= 15 is 0 Å². The van der Waals surface area contributed by atoms with Gasteiger partial charge in [0.2, 0.25) is 0 Å². The molecule has 24 heavy (non-hydrogen) atoms. The van der Waals surface area contributed by atoms with Gasteiger partial charge in [0.25, 0.3) is 5.91 Å². The van der Waals surface area contributed by atoms with Crippen molar-refractivity contribution < 1.29 is 14.6 Å². The van der Waals surface area contributed by atoms with Crippen LogP contribution in [0.25, 0.3) is 0 Å². The Hall–Kier alpha value is -2.84. The molecule has 2 N–H and O–H groups in total. The topological polar surface area (TPSA) is 82.3 Å². The summed E-state index contributed by atoms with van der Waals surface area (Å²) in [6.45, 7) is 1.47. The fourth-order valence-corrected chi connectivity index (χ4v) is 2.27. The second kappa shape index (κ2) is 8.70. The van der Waals surface area contributed by atoms with Gasteiger partial charge in [0.15, 0.2) is 6.10 Å². The van der Waals surface area contributed by atoms with Crippen LogP contribution < -0.4 is 10.1 Å². The second-order valence-electron chi connectivity index (χ2n) is 5.48. The zero-order chi connectivity index (χ0) is 17.4. The lowest BCUT2D eigenvalue weighted by Gasteiger charge is -2.20. The number of aliphatic hydroxyl groups excluding tert-OH is 1. The van der Waals surface area contributed by atoms with Crippen molar-refractivity contribution in [2.45, 2.75) is 25.5 Å². The summed E-state index contributed by atoms with van der Waals surface area (Å²) in [5.41, 5.74) is 1.50. The highest BCUT2D eigenvalue weighted by Gasteiger charge is 2.19. The van der Waals surface area contributed by atoms with Gasteiger partial charge >= 0.3 is 0 Å². The lowest BCUT2D eigenvalue weighted by atomic mass is 10.1. The molecule has 0 aliphatic carbocycles. The van der Waals surface area contributed by atoms with Crippen LogP contribution in [0.4, 0.5) is 0 Å². The number of nitrogens with one attached hydrogen (secondary N) is 1. The van der Waals surface area contributed by atoms with Gasteiger partial charge in [0, 0.05) is 0 Å². The number of rotatable bonds is 7. The number of hydrogen-bond acceptors (Lipinski definition) is 4. The molecule has 1 amide bonds. The van der Waals surface area contributed by atoms with Gasteiger partial charge in [-0.15, -0.1) is 0 Å². The lowest BCUT2D eigenvalue weighted by Crippen LogP contribution is -2.45. The van der Waals surface area contributed by atoms with E-state index in [1.54, 1.807) is 31.2 Å². The minimum Gasteiger partial charge on any atom is -0.481 e. The fourth-order valence-electron chi connectivity index (χ4n) is 2.27. The molecule has 0 aromatic heterocycles. The number of ether oxygens (including phenoxy) is 1. The Labute approximate surface area is 141 Å². The Balaban J connectivity index is 1.93. The number of hydrogen-bond donors (Lipinski definition) is 2. The summed E-state index contributed by atoms with van der Waals surface area (Å²) >= 11 is 0. The molecule has 2 rings (SSSR count). The van der Waals surface area contributed by atoms with Gasteiger partial charge in [0.05, 0.1) is 24.3 Å². The molecular formula is C19H20N2O3. The van der Waals surface area contributed by atoms with Gasteiger partial charge in [-0.25, -0.2) is 0 Å². The number of nitrogens with zero attached hydrogens (tertiary/aromatic N) is 1. The lowest BCUT2D eigenvalue weighted by molar-refractivity contribution is -0.128. The van der Waals surface area contributed by atoms with Crippen molar-refractivity contribution in [1.82, 2.24) is 5.32 Å². The summed E-state index contributed by atoms with van der Waals surface area (Å²) in [5, 5.41) is 21.2. The minimum atomic E-state index is -0.733. The van der Waals surface area contributed by atoms with Crippen LogP contribution in [0.15, 0.2) is 54.6 Å². The maximum Gasteiger partial charge on any atom is 0.261 e. The molecule has 0 aliphatic rings. The smallest absolute Gasteiger partial charge is 0.261 e. The average Bonchev–Trinajstić information content (AvgIpc) is 2.62. The third-order valence-corrected chi connectivity index (χ3v) is 3.54. The molecule has 2 aromatic rings. The first-order valence-electron chi connectivity index (χ1n) is 7.74. The Morgan fingerprint density at radius 2 is 2.00 bits per heavy atom. The van der Waals surface area contributed by atoms with Crippen molar-refractivity contribution >= 4 is 5.91 Å². The van der Waals surface area contributed by atoms with Gasteiger partial charge < -0.3 is 15.2 Å². The summed E-state index contributed by atoms with van der Waals surface area (Å²) in [5.74, 6) is 0.146. The van der Waals surface area contributed by atoms with Crippen LogP contribution in [0, 0.1) is 11.3 Å². The number of aliphatic hydroxyl groups is 1. The molecule has 2 aromatic carbocycles. The van der Waals surface area contributed by atoms with E-state index in [2.05, 4.69) is 5.32 Å². The number of amides is 1. The van der Waals surface area contributed by atoms with Crippen molar-refractivity contribution in [3.05, 3.63) is 65.7 Å². The Morgan fingerprint density at radius 3 is 2.67 bits per heavy atom. The SMILES string of the molecule is CC(Oc1cccc(C#N)c1)C(=O)NC(CO)Cc1ccccc1. The number of nitriles is 1. The van der Waals surface area contributed by atoms with Gasteiger partial charge in [-0.2, -0.15) is 5.26 Å². The van der Waals surface area contributed by atoms with Crippen LogP contribution in [0.2, 0.25) is 0 Å². The van der Waals surface area contributed by atoms with Crippen molar-refractivity contribution in [2.24, 2.45) is 0 Å². The first-order valence-corrected chi connectivity index (χ1v) is 7.74. The van der Waals surface area contributed by atoms with Crippen LogP contribution in [0.3, 0.4) is 0 Å². The summed E-state index contributed by atoms with van der Waals surface area (Å²) in [7, 11) is 0. The van der Waals surface area contributed by atoms with Gasteiger partial charge in [-0.1, -0.05) is 36.4 Å². The van der Waals surface area contributed by atoms with E-state index in [-0.39, 0.29) is 18.6 Å². The third kappa shape index (κ3) is 5.11. The van der Waals surface area contributed by atoms with Crippen molar-refractivity contribution in [3.8, 4) is 11.8 Å². The zero-order valence-corrected chi connectivity index (χ0v) is 13.5. The maximum atomic E-state index is 12.2. The van der Waals surface area contributed by atoms with Gasteiger partial charge in [-0.3, -0.25) is 4.79 Å². The predicted octanol–water partition coefficient (Wildman–Crippen LogP) is 2.05. The predicted molar refractivity (Wildman–Crippen MR) is 90.4 cm³/mol. The standard InChI is InChI=1S/C19H20N2O3/c1-14(24-18-9-5-8-16(11-18)12-20)19(23)21-17(13-22)10-15-6-3-2-4-7-15/h2-9,11,14,17,22H,10,13H2,1H3,(H,21,23). The molecule has 2 atom stereocenters. The number of benzene rings is 2. The van der Waals surface area contributed by atoms with Crippen LogP contribution in [0.1, 0.15) is 18.1 Å². The second-order valence-corrected chi connectivity index (χ2v) is 5.48. The summed E-state index contributed by atoms with van der Waals surface area (Å²) in [4.78, 5) is 12.2. The van der Waals surface area contributed by atoms with Crippen LogP contribution >= 0.6 is 0 Å². The van der Waals surface area contributed by atoms with E-state index in [0.717, 1.165) is 5.56 Å². The number of carbonyl (C=O) groups excluding carboxylic acids is 1. The molecule has 0 bridgehead atoms. The van der Waals surface area contributed by atoms with Crippen LogP contribution in [-0.4, -0.2) is 29.8 Å². The van der Waals surface area contributed by atoms with Crippen molar-refractivity contribution in [3.63, 3.8) is 0 Å². The fraction of sp³-hybridized carbons (Fsp3) is 0.263. The molecule has 0 spiro atoms. The number of carbonyl (C=O) groups is 1. The summed E-state index contributed by atoms with van der Waals surface area (Å²) in [6, 6.07) is 17.9. The van der Waals surface area contributed by atoms with E-state index in [1.165, 1.54) is 0 Å². The minimum absolute atomic E-state index is 0.155. The Bertz CT molecular complexity index is 710. The van der Waals surface area contributed by atoms with E-state index in [1.807, 2.05) is 36.4 Å². The molecule has 0 aliphatic heterocycles. The highest BCUT2D eigenvalue weighted by atomic mass is 16.5. The van der Waals surface area contributed by atoms with Crippen LogP contribution in [0.5, 0.6) is 5.75 Å². The molecule has 5 nitrogen and oxygen atoms in total. The first-order chi connectivity index (χ1) is 11.6. The summed E-state index contributed by atoms with van der Waals surface area (Å²) in [6.07, 6.45) is -0.191.